The standard InChI is InChI=1S/C35H35N3O4/c1-6-37(7-2)24-17-19-28-31(22-24)41-30-20-18-25(38(23-13-9-8-10-14-23)33(40)36-34(3,4)5)21-29(30)35(28)27-16-12-11-15-26(27)32(39)42-35/h8-22H,6-7H2,1-5H3,(H,36,40). The molecular formula is C35H35N3O4. The Kier molecular flexibility index (Phi) is 6.68. The molecule has 214 valence electrons. The fourth-order valence-electron chi connectivity index (χ4n) is 5.91. The summed E-state index contributed by atoms with van der Waals surface area (Å²) in [6, 6.07) is 28.4. The number of carbonyl (C=O) groups excluding carboxylic acids is 2. The van der Waals surface area contributed by atoms with E-state index in [0.717, 1.165) is 29.9 Å². The number of hydrogen-bond donors (Lipinski definition) is 1. The maximum atomic E-state index is 13.7. The van der Waals surface area contributed by atoms with Crippen molar-refractivity contribution in [1.29, 1.82) is 0 Å². The molecule has 0 saturated heterocycles. The quantitative estimate of drug-likeness (QED) is 0.252. The van der Waals surface area contributed by atoms with Gasteiger partial charge in [0.2, 0.25) is 0 Å². The van der Waals surface area contributed by atoms with E-state index >= 15 is 0 Å². The lowest BCUT2D eigenvalue weighted by Gasteiger charge is -2.38. The summed E-state index contributed by atoms with van der Waals surface area (Å²) in [6.45, 7) is 11.8. The molecule has 0 aliphatic carbocycles. The van der Waals surface area contributed by atoms with E-state index in [2.05, 4.69) is 24.1 Å². The summed E-state index contributed by atoms with van der Waals surface area (Å²) >= 11 is 0. The Labute approximate surface area is 246 Å². The molecule has 0 fully saturated rings. The number of benzene rings is 4. The maximum absolute atomic E-state index is 13.7. The monoisotopic (exact) mass is 561 g/mol. The van der Waals surface area contributed by atoms with Crippen LogP contribution in [-0.4, -0.2) is 30.6 Å². The number of esters is 1. The van der Waals surface area contributed by atoms with E-state index < -0.39 is 17.1 Å². The lowest BCUT2D eigenvalue weighted by atomic mass is 9.77. The van der Waals surface area contributed by atoms with Crippen LogP contribution in [0.25, 0.3) is 0 Å². The third-order valence-electron chi connectivity index (χ3n) is 7.77. The molecule has 42 heavy (non-hydrogen) atoms. The molecule has 2 aliphatic rings. The summed E-state index contributed by atoms with van der Waals surface area (Å²) < 4.78 is 12.9. The average Bonchev–Trinajstić information content (AvgIpc) is 3.26. The zero-order valence-electron chi connectivity index (χ0n) is 24.6. The van der Waals surface area contributed by atoms with Crippen molar-refractivity contribution in [1.82, 2.24) is 5.32 Å². The number of nitrogens with one attached hydrogen (secondary N) is 1. The van der Waals surface area contributed by atoms with Crippen molar-refractivity contribution >= 4 is 29.1 Å². The van der Waals surface area contributed by atoms with Crippen molar-refractivity contribution in [3.8, 4) is 11.5 Å². The molecule has 4 aromatic carbocycles. The molecular weight excluding hydrogens is 526 g/mol. The number of ether oxygens (including phenoxy) is 2. The van der Waals surface area contributed by atoms with Crippen molar-refractivity contribution in [3.05, 3.63) is 113 Å². The number of anilines is 3. The molecule has 7 heteroatoms. The maximum Gasteiger partial charge on any atom is 0.340 e. The van der Waals surface area contributed by atoms with Gasteiger partial charge in [0, 0.05) is 47.1 Å². The van der Waals surface area contributed by atoms with Crippen LogP contribution in [0.15, 0.2) is 91.0 Å². The van der Waals surface area contributed by atoms with Gasteiger partial charge < -0.3 is 19.7 Å². The van der Waals surface area contributed by atoms with Gasteiger partial charge in [-0.25, -0.2) is 9.59 Å². The van der Waals surface area contributed by atoms with Gasteiger partial charge in [0.05, 0.1) is 16.9 Å². The highest BCUT2D eigenvalue weighted by molar-refractivity contribution is 6.01. The zero-order chi connectivity index (χ0) is 29.6. The number of amides is 2. The van der Waals surface area contributed by atoms with E-state index in [4.69, 9.17) is 9.47 Å². The minimum Gasteiger partial charge on any atom is -0.456 e. The molecule has 1 atom stereocenters. The first-order valence-electron chi connectivity index (χ1n) is 14.4. The van der Waals surface area contributed by atoms with Gasteiger partial charge in [0.15, 0.2) is 5.60 Å². The highest BCUT2D eigenvalue weighted by Crippen LogP contribution is 2.57. The molecule has 2 aliphatic heterocycles. The molecule has 6 rings (SSSR count). The van der Waals surface area contributed by atoms with E-state index in [1.807, 2.05) is 106 Å². The van der Waals surface area contributed by atoms with Gasteiger partial charge >= 0.3 is 12.0 Å². The number of para-hydroxylation sites is 1. The summed E-state index contributed by atoms with van der Waals surface area (Å²) in [4.78, 5) is 31.0. The smallest absolute Gasteiger partial charge is 0.340 e. The van der Waals surface area contributed by atoms with Crippen LogP contribution in [0.4, 0.5) is 21.9 Å². The van der Waals surface area contributed by atoms with E-state index in [9.17, 15) is 9.59 Å². The molecule has 2 heterocycles. The molecule has 1 unspecified atom stereocenters. The van der Waals surface area contributed by atoms with E-state index in [-0.39, 0.29) is 6.03 Å². The number of hydrogen-bond acceptors (Lipinski definition) is 5. The van der Waals surface area contributed by atoms with Crippen LogP contribution in [-0.2, 0) is 10.3 Å². The van der Waals surface area contributed by atoms with Crippen LogP contribution in [0.1, 0.15) is 61.7 Å². The van der Waals surface area contributed by atoms with E-state index in [1.165, 1.54) is 0 Å². The van der Waals surface area contributed by atoms with E-state index in [1.54, 1.807) is 11.0 Å². The number of fused-ring (bicyclic) bond motifs is 6. The van der Waals surface area contributed by atoms with Crippen molar-refractivity contribution in [2.24, 2.45) is 0 Å². The number of rotatable bonds is 5. The Morgan fingerprint density at radius 3 is 2.17 bits per heavy atom. The van der Waals surface area contributed by atoms with Crippen LogP contribution in [0.2, 0.25) is 0 Å². The Hall–Kier alpha value is -4.78. The molecule has 0 bridgehead atoms. The summed E-state index contributed by atoms with van der Waals surface area (Å²) in [7, 11) is 0. The minimum atomic E-state index is -1.24. The summed E-state index contributed by atoms with van der Waals surface area (Å²) in [6.07, 6.45) is 0. The zero-order valence-corrected chi connectivity index (χ0v) is 24.6. The van der Waals surface area contributed by atoms with Gasteiger partial charge in [-0.3, -0.25) is 4.90 Å². The van der Waals surface area contributed by atoms with Crippen molar-refractivity contribution in [2.75, 3.05) is 22.9 Å². The second kappa shape index (κ2) is 10.2. The summed E-state index contributed by atoms with van der Waals surface area (Å²) in [5, 5.41) is 3.09. The van der Waals surface area contributed by atoms with Gasteiger partial charge in [-0.05, 0) is 83.1 Å². The predicted molar refractivity (Wildman–Crippen MR) is 165 cm³/mol. The lowest BCUT2D eigenvalue weighted by Crippen LogP contribution is -2.47. The highest BCUT2D eigenvalue weighted by Gasteiger charge is 2.53. The van der Waals surface area contributed by atoms with E-state index in [0.29, 0.717) is 34.0 Å². The van der Waals surface area contributed by atoms with Crippen molar-refractivity contribution in [2.45, 2.75) is 45.8 Å². The molecule has 7 nitrogen and oxygen atoms in total. The third kappa shape index (κ3) is 4.45. The van der Waals surface area contributed by atoms with Crippen LogP contribution in [0.3, 0.4) is 0 Å². The van der Waals surface area contributed by atoms with Gasteiger partial charge in [0.1, 0.15) is 11.5 Å². The van der Waals surface area contributed by atoms with Gasteiger partial charge in [-0.1, -0.05) is 36.4 Å². The van der Waals surface area contributed by atoms with Crippen LogP contribution in [0, 0.1) is 0 Å². The fourth-order valence-corrected chi connectivity index (χ4v) is 5.91. The first-order valence-corrected chi connectivity index (χ1v) is 14.4. The Morgan fingerprint density at radius 1 is 0.762 bits per heavy atom. The second-order valence-electron chi connectivity index (χ2n) is 11.6. The highest BCUT2D eigenvalue weighted by atomic mass is 16.6. The topological polar surface area (TPSA) is 71.1 Å². The SMILES string of the molecule is CCN(CC)c1ccc2c(c1)Oc1ccc(N(C(=O)NC(C)(C)C)c3ccccc3)cc1C21OC(=O)c2ccccc21. The van der Waals surface area contributed by atoms with Crippen molar-refractivity contribution in [3.63, 3.8) is 0 Å². The average molecular weight is 562 g/mol. The lowest BCUT2D eigenvalue weighted by molar-refractivity contribution is 0.0224. The van der Waals surface area contributed by atoms with Crippen molar-refractivity contribution < 1.29 is 19.1 Å². The van der Waals surface area contributed by atoms with Crippen LogP contribution < -0.4 is 19.9 Å². The number of urea groups is 1. The molecule has 0 radical (unpaired) electrons. The molecule has 0 saturated carbocycles. The summed E-state index contributed by atoms with van der Waals surface area (Å²) in [5.74, 6) is 0.805. The first-order chi connectivity index (χ1) is 20.2. The Balaban J connectivity index is 1.57. The van der Waals surface area contributed by atoms with Gasteiger partial charge in [0.25, 0.3) is 0 Å². The van der Waals surface area contributed by atoms with Crippen LogP contribution >= 0.6 is 0 Å². The molecule has 4 aromatic rings. The van der Waals surface area contributed by atoms with Crippen LogP contribution in [0.5, 0.6) is 11.5 Å². The largest absolute Gasteiger partial charge is 0.456 e. The molecule has 1 N–H and O–H groups in total. The summed E-state index contributed by atoms with van der Waals surface area (Å²) in [5.41, 5.74) is 3.32. The number of nitrogens with zero attached hydrogens (tertiary/aromatic N) is 2. The molecule has 0 aromatic heterocycles. The molecule has 2 amide bonds. The first kappa shape index (κ1) is 27.4. The van der Waals surface area contributed by atoms with Gasteiger partial charge in [-0.2, -0.15) is 0 Å². The molecule has 1 spiro atoms. The van der Waals surface area contributed by atoms with Gasteiger partial charge in [-0.15, -0.1) is 0 Å². The predicted octanol–water partition coefficient (Wildman–Crippen LogP) is 7.75. The normalized spacial score (nSPS) is 16.5. The fraction of sp³-hybridized carbons (Fsp3) is 0.257. The second-order valence-corrected chi connectivity index (χ2v) is 11.6. The third-order valence-corrected chi connectivity index (χ3v) is 7.77. The number of carbonyl (C=O) groups is 2. The Bertz CT molecular complexity index is 1670. The Morgan fingerprint density at radius 2 is 1.45 bits per heavy atom. The minimum absolute atomic E-state index is 0.271.